The van der Waals surface area contributed by atoms with Crippen molar-refractivity contribution in [1.82, 2.24) is 19.9 Å². The molecule has 4 rings (SSSR count). The first-order valence-corrected chi connectivity index (χ1v) is 10.3. The van der Waals surface area contributed by atoms with E-state index in [-0.39, 0.29) is 30.1 Å². The van der Waals surface area contributed by atoms with E-state index < -0.39 is 0 Å². The fourth-order valence-electron chi connectivity index (χ4n) is 3.67. The summed E-state index contributed by atoms with van der Waals surface area (Å²) in [7, 11) is 0. The Morgan fingerprint density at radius 1 is 1.38 bits per heavy atom. The second kappa shape index (κ2) is 8.62. The summed E-state index contributed by atoms with van der Waals surface area (Å²) in [5.74, 6) is -0.124. The highest BCUT2D eigenvalue weighted by Gasteiger charge is 2.26. The van der Waals surface area contributed by atoms with Crippen LogP contribution in [0.4, 0.5) is 15.5 Å². The molecular weight excluding hydrogens is 391 g/mol. The molecule has 0 radical (unpaired) electrons. The predicted octanol–water partition coefficient (Wildman–Crippen LogP) is 3.14. The van der Waals surface area contributed by atoms with Crippen LogP contribution in [0.5, 0.6) is 0 Å². The fourth-order valence-corrected chi connectivity index (χ4v) is 4.21. The first-order chi connectivity index (χ1) is 14.1. The molecule has 0 aliphatic carbocycles. The van der Waals surface area contributed by atoms with Crippen molar-refractivity contribution in [3.63, 3.8) is 0 Å². The van der Waals surface area contributed by atoms with Crippen molar-refractivity contribution in [1.29, 1.82) is 0 Å². The molecule has 3 N–H and O–H groups in total. The molecule has 0 unspecified atom stereocenters. The van der Waals surface area contributed by atoms with Gasteiger partial charge in [-0.2, -0.15) is 0 Å². The van der Waals surface area contributed by atoms with Gasteiger partial charge in [0.25, 0.3) is 0 Å². The van der Waals surface area contributed by atoms with E-state index in [1.54, 1.807) is 18.5 Å². The van der Waals surface area contributed by atoms with Crippen LogP contribution in [0.25, 0.3) is 11.1 Å². The van der Waals surface area contributed by atoms with E-state index in [0.717, 1.165) is 36.2 Å². The Balaban J connectivity index is 1.52. The van der Waals surface area contributed by atoms with Crippen LogP contribution in [0.1, 0.15) is 24.5 Å². The Kier molecular flexibility index (Phi) is 5.77. The van der Waals surface area contributed by atoms with Gasteiger partial charge in [0.2, 0.25) is 11.9 Å². The SMILES string of the molecule is Nc1ncc(-c2cccc(F)c2)c([C@@H]2CCCN(CC(=O)Nc3nccs3)C2)n1. The average Bonchev–Trinajstić information content (AvgIpc) is 3.21. The maximum Gasteiger partial charge on any atom is 0.240 e. The number of benzene rings is 1. The number of hydrogen-bond acceptors (Lipinski definition) is 7. The number of thiazole rings is 1. The molecule has 1 aliphatic rings. The molecule has 1 aliphatic heterocycles. The number of hydrogen-bond donors (Lipinski definition) is 2. The number of carbonyl (C=O) groups excluding carboxylic acids is 1. The average molecular weight is 412 g/mol. The number of rotatable bonds is 5. The van der Waals surface area contributed by atoms with Crippen molar-refractivity contribution in [2.75, 3.05) is 30.7 Å². The third-order valence-corrected chi connectivity index (χ3v) is 5.60. The van der Waals surface area contributed by atoms with Crippen LogP contribution in [-0.2, 0) is 4.79 Å². The van der Waals surface area contributed by atoms with Gasteiger partial charge in [-0.15, -0.1) is 11.3 Å². The van der Waals surface area contributed by atoms with E-state index in [4.69, 9.17) is 5.73 Å². The number of nitrogens with zero attached hydrogens (tertiary/aromatic N) is 4. The topological polar surface area (TPSA) is 97.0 Å². The lowest BCUT2D eigenvalue weighted by atomic mass is 9.90. The summed E-state index contributed by atoms with van der Waals surface area (Å²) in [6, 6.07) is 6.38. The zero-order chi connectivity index (χ0) is 20.2. The van der Waals surface area contributed by atoms with E-state index in [2.05, 4.69) is 25.2 Å². The van der Waals surface area contributed by atoms with Gasteiger partial charge in [0.15, 0.2) is 5.13 Å². The molecule has 1 fully saturated rings. The van der Waals surface area contributed by atoms with Crippen LogP contribution < -0.4 is 11.1 Å². The van der Waals surface area contributed by atoms with Gasteiger partial charge < -0.3 is 11.1 Å². The Morgan fingerprint density at radius 3 is 3.07 bits per heavy atom. The second-order valence-corrected chi connectivity index (χ2v) is 7.89. The van der Waals surface area contributed by atoms with Gasteiger partial charge in [0, 0.05) is 35.8 Å². The highest BCUT2D eigenvalue weighted by molar-refractivity contribution is 7.13. The third-order valence-electron chi connectivity index (χ3n) is 4.91. The Hall–Kier alpha value is -2.91. The summed E-state index contributed by atoms with van der Waals surface area (Å²) in [5.41, 5.74) is 8.15. The quantitative estimate of drug-likeness (QED) is 0.668. The molecule has 9 heteroatoms. The number of nitrogens with two attached hydrogens (primary N) is 1. The second-order valence-electron chi connectivity index (χ2n) is 7.00. The van der Waals surface area contributed by atoms with Gasteiger partial charge >= 0.3 is 0 Å². The lowest BCUT2D eigenvalue weighted by Gasteiger charge is -2.32. The standard InChI is InChI=1S/C20H21FN6OS/c21-15-5-1-3-13(9-15)16-10-24-19(22)26-18(16)14-4-2-7-27(11-14)12-17(28)25-20-23-6-8-29-20/h1,3,5-6,8-10,14H,2,4,7,11-12H2,(H2,22,24,26)(H,23,25,28)/t14-/m1/s1. The first kappa shape index (κ1) is 19.4. The first-order valence-electron chi connectivity index (χ1n) is 9.38. The van der Waals surface area contributed by atoms with Gasteiger partial charge in [-0.25, -0.2) is 19.3 Å². The molecule has 1 atom stereocenters. The number of nitrogens with one attached hydrogen (secondary N) is 1. The molecule has 1 aromatic carbocycles. The highest BCUT2D eigenvalue weighted by atomic mass is 32.1. The van der Waals surface area contributed by atoms with E-state index >= 15 is 0 Å². The van der Waals surface area contributed by atoms with Crippen molar-refractivity contribution >= 4 is 28.3 Å². The van der Waals surface area contributed by atoms with Crippen molar-refractivity contribution < 1.29 is 9.18 Å². The van der Waals surface area contributed by atoms with E-state index in [0.29, 0.717) is 11.7 Å². The zero-order valence-corrected chi connectivity index (χ0v) is 16.5. The lowest BCUT2D eigenvalue weighted by molar-refractivity contribution is -0.117. The van der Waals surface area contributed by atoms with Gasteiger partial charge in [0.05, 0.1) is 12.2 Å². The number of aromatic nitrogens is 3. The Morgan fingerprint density at radius 2 is 2.28 bits per heavy atom. The number of piperidine rings is 1. The molecular formula is C20H21FN6OS. The summed E-state index contributed by atoms with van der Waals surface area (Å²) in [6.07, 6.45) is 5.16. The number of amides is 1. The van der Waals surface area contributed by atoms with Crippen molar-refractivity contribution in [2.24, 2.45) is 0 Å². The monoisotopic (exact) mass is 412 g/mol. The van der Waals surface area contributed by atoms with Gasteiger partial charge in [-0.05, 0) is 37.1 Å². The van der Waals surface area contributed by atoms with Crippen LogP contribution in [0.3, 0.4) is 0 Å². The minimum atomic E-state index is -0.311. The molecule has 0 bridgehead atoms. The summed E-state index contributed by atoms with van der Waals surface area (Å²) in [4.78, 5) is 27.1. The van der Waals surface area contributed by atoms with Crippen LogP contribution in [0, 0.1) is 5.82 Å². The number of anilines is 2. The summed E-state index contributed by atoms with van der Waals surface area (Å²) < 4.78 is 13.7. The molecule has 0 saturated carbocycles. The molecule has 7 nitrogen and oxygen atoms in total. The molecule has 150 valence electrons. The Labute approximate surface area is 171 Å². The number of nitrogen functional groups attached to an aromatic ring is 1. The minimum absolute atomic E-state index is 0.0833. The normalized spacial score (nSPS) is 17.2. The summed E-state index contributed by atoms with van der Waals surface area (Å²) >= 11 is 1.39. The smallest absolute Gasteiger partial charge is 0.240 e. The molecule has 3 aromatic rings. The number of likely N-dealkylation sites (tertiary alicyclic amines) is 1. The van der Waals surface area contributed by atoms with E-state index in [9.17, 15) is 9.18 Å². The molecule has 1 amide bonds. The highest BCUT2D eigenvalue weighted by Crippen LogP contribution is 2.33. The largest absolute Gasteiger partial charge is 0.368 e. The van der Waals surface area contributed by atoms with E-state index in [1.807, 2.05) is 11.4 Å². The molecule has 1 saturated heterocycles. The van der Waals surface area contributed by atoms with Crippen molar-refractivity contribution in [2.45, 2.75) is 18.8 Å². The van der Waals surface area contributed by atoms with Crippen LogP contribution in [0.2, 0.25) is 0 Å². The van der Waals surface area contributed by atoms with Gasteiger partial charge in [-0.1, -0.05) is 12.1 Å². The van der Waals surface area contributed by atoms with Crippen LogP contribution in [0.15, 0.2) is 42.0 Å². The van der Waals surface area contributed by atoms with E-state index in [1.165, 1.54) is 23.5 Å². The lowest BCUT2D eigenvalue weighted by Crippen LogP contribution is -2.40. The van der Waals surface area contributed by atoms with Gasteiger partial charge in [-0.3, -0.25) is 9.69 Å². The molecule has 2 aromatic heterocycles. The van der Waals surface area contributed by atoms with Crippen molar-refractivity contribution in [3.8, 4) is 11.1 Å². The summed E-state index contributed by atoms with van der Waals surface area (Å²) in [5, 5.41) is 5.23. The molecule has 3 heterocycles. The Bertz CT molecular complexity index is 996. The maximum absolute atomic E-state index is 13.7. The van der Waals surface area contributed by atoms with Crippen LogP contribution in [-0.4, -0.2) is 45.4 Å². The predicted molar refractivity (Wildman–Crippen MR) is 111 cm³/mol. The van der Waals surface area contributed by atoms with Gasteiger partial charge in [0.1, 0.15) is 5.82 Å². The fraction of sp³-hybridized carbons (Fsp3) is 0.300. The minimum Gasteiger partial charge on any atom is -0.368 e. The zero-order valence-electron chi connectivity index (χ0n) is 15.7. The third kappa shape index (κ3) is 4.75. The molecule has 29 heavy (non-hydrogen) atoms. The maximum atomic E-state index is 13.7. The summed E-state index contributed by atoms with van der Waals surface area (Å²) in [6.45, 7) is 1.79. The van der Waals surface area contributed by atoms with Crippen LogP contribution >= 0.6 is 11.3 Å². The number of halogens is 1. The number of carbonyl (C=O) groups is 1. The molecule has 0 spiro atoms. The van der Waals surface area contributed by atoms with Crippen molar-refractivity contribution in [3.05, 3.63) is 53.6 Å².